The van der Waals surface area contributed by atoms with Gasteiger partial charge in [-0.15, -0.1) is 0 Å². The highest BCUT2D eigenvalue weighted by Gasteiger charge is 2.63. The number of azide groups is 1. The molecule has 154 valence electrons. The first-order chi connectivity index (χ1) is 13.1. The van der Waals surface area contributed by atoms with Crippen LogP contribution in [0.3, 0.4) is 0 Å². The lowest BCUT2D eigenvalue weighted by Gasteiger charge is -2.32. The number of hydrogen-bond donors (Lipinski definition) is 0. The Hall–Kier alpha value is -1.45. The third-order valence-electron chi connectivity index (χ3n) is 4.62. The van der Waals surface area contributed by atoms with Crippen molar-refractivity contribution in [1.29, 1.82) is 0 Å². The van der Waals surface area contributed by atoms with Crippen molar-refractivity contribution < 1.29 is 23.4 Å². The van der Waals surface area contributed by atoms with Crippen LogP contribution in [0.4, 0.5) is 0 Å². The SMILES string of the molecule is CC1(C)O[C@H]2[C@@H](O1)[C@](CO[Si](C)(C)C)(N=[N+]=[N-])O[C@@H]2COCc1ccccc1. The maximum atomic E-state index is 9.19. The molecule has 3 rings (SSSR count). The lowest BCUT2D eigenvalue weighted by molar-refractivity contribution is -0.218. The summed E-state index contributed by atoms with van der Waals surface area (Å²) >= 11 is 0. The molecule has 0 saturated carbocycles. The lowest BCUT2D eigenvalue weighted by atomic mass is 10.0. The molecular weight excluding hydrogens is 378 g/mol. The zero-order chi connectivity index (χ0) is 20.4. The molecule has 0 aliphatic carbocycles. The van der Waals surface area contributed by atoms with Crippen molar-refractivity contribution in [3.05, 3.63) is 46.3 Å². The second kappa shape index (κ2) is 8.12. The van der Waals surface area contributed by atoms with Gasteiger partial charge in [-0.1, -0.05) is 35.4 Å². The Morgan fingerprint density at radius 1 is 1.14 bits per heavy atom. The van der Waals surface area contributed by atoms with Crippen molar-refractivity contribution in [3.8, 4) is 0 Å². The van der Waals surface area contributed by atoms with Gasteiger partial charge in [0.1, 0.15) is 18.3 Å². The summed E-state index contributed by atoms with van der Waals surface area (Å²) in [5, 5.41) is 3.98. The van der Waals surface area contributed by atoms with Crippen molar-refractivity contribution >= 4 is 8.32 Å². The van der Waals surface area contributed by atoms with Crippen LogP contribution in [0.25, 0.3) is 10.4 Å². The average molecular weight is 408 g/mol. The number of rotatable bonds is 8. The van der Waals surface area contributed by atoms with E-state index in [4.69, 9.17) is 23.4 Å². The van der Waals surface area contributed by atoms with E-state index in [1.165, 1.54) is 0 Å². The third kappa shape index (κ3) is 4.93. The second-order valence-electron chi connectivity index (χ2n) is 8.61. The Morgan fingerprint density at radius 2 is 1.86 bits per heavy atom. The molecule has 0 unspecified atom stereocenters. The molecule has 2 aliphatic rings. The Kier molecular flexibility index (Phi) is 6.16. The van der Waals surface area contributed by atoms with E-state index in [1.807, 2.05) is 44.2 Å². The quantitative estimate of drug-likeness (QED) is 0.281. The Bertz CT molecular complexity index is 720. The third-order valence-corrected chi connectivity index (χ3v) is 5.63. The standard InChI is InChI=1S/C19H29N3O5Si/c1-18(2)26-16-15(12-23-11-14-9-7-6-8-10-14)25-19(21-22-20,17(16)27-18)13-24-28(3,4)5/h6-10,15-17H,11-13H2,1-5H3/t15-,16-,17-,19-/m1/s1. The largest absolute Gasteiger partial charge is 0.414 e. The number of hydrogen-bond acceptors (Lipinski definition) is 6. The van der Waals surface area contributed by atoms with Gasteiger partial charge in [0.05, 0.1) is 19.8 Å². The van der Waals surface area contributed by atoms with E-state index in [0.717, 1.165) is 5.56 Å². The summed E-state index contributed by atoms with van der Waals surface area (Å²) in [7, 11) is -1.86. The summed E-state index contributed by atoms with van der Waals surface area (Å²) in [6.07, 6.45) is -1.38. The van der Waals surface area contributed by atoms with Gasteiger partial charge in [0.15, 0.2) is 19.8 Å². The van der Waals surface area contributed by atoms with Crippen LogP contribution in [0.1, 0.15) is 19.4 Å². The van der Waals surface area contributed by atoms with E-state index < -0.39 is 38.1 Å². The normalized spacial score (nSPS) is 31.4. The summed E-state index contributed by atoms with van der Waals surface area (Å²) in [5.41, 5.74) is 8.99. The van der Waals surface area contributed by atoms with Crippen LogP contribution in [0.5, 0.6) is 0 Å². The van der Waals surface area contributed by atoms with Crippen LogP contribution in [0.15, 0.2) is 35.4 Å². The number of benzene rings is 1. The molecule has 0 spiro atoms. The van der Waals surface area contributed by atoms with Crippen molar-refractivity contribution in [2.24, 2.45) is 5.11 Å². The maximum absolute atomic E-state index is 9.19. The van der Waals surface area contributed by atoms with E-state index in [9.17, 15) is 5.53 Å². The van der Waals surface area contributed by atoms with Crippen LogP contribution in [0, 0.1) is 0 Å². The van der Waals surface area contributed by atoms with Gasteiger partial charge in [-0.3, -0.25) is 0 Å². The highest BCUT2D eigenvalue weighted by Crippen LogP contribution is 2.45. The fraction of sp³-hybridized carbons (Fsp3) is 0.684. The van der Waals surface area contributed by atoms with Gasteiger partial charge >= 0.3 is 0 Å². The van der Waals surface area contributed by atoms with E-state index in [-0.39, 0.29) is 6.61 Å². The van der Waals surface area contributed by atoms with Crippen molar-refractivity contribution in [2.75, 3.05) is 13.2 Å². The van der Waals surface area contributed by atoms with Gasteiger partial charge in [0.2, 0.25) is 0 Å². The Labute approximate surface area is 166 Å². The molecule has 0 radical (unpaired) electrons. The molecule has 2 fully saturated rings. The van der Waals surface area contributed by atoms with Crippen molar-refractivity contribution in [1.82, 2.24) is 0 Å². The zero-order valence-electron chi connectivity index (χ0n) is 17.1. The minimum Gasteiger partial charge on any atom is -0.414 e. The molecule has 1 aromatic carbocycles. The molecule has 2 aliphatic heterocycles. The molecule has 8 nitrogen and oxygen atoms in total. The monoisotopic (exact) mass is 407 g/mol. The summed E-state index contributed by atoms with van der Waals surface area (Å²) in [5.74, 6) is -0.799. The van der Waals surface area contributed by atoms with Gasteiger partial charge in [0, 0.05) is 4.91 Å². The van der Waals surface area contributed by atoms with Crippen molar-refractivity contribution in [2.45, 2.75) is 69.9 Å². The minimum atomic E-state index is -1.86. The molecule has 4 atom stereocenters. The maximum Gasteiger partial charge on any atom is 0.198 e. The fourth-order valence-electron chi connectivity index (χ4n) is 3.42. The molecule has 9 heteroatoms. The predicted molar refractivity (Wildman–Crippen MR) is 106 cm³/mol. The van der Waals surface area contributed by atoms with Gasteiger partial charge in [0.25, 0.3) is 0 Å². The lowest BCUT2D eigenvalue weighted by Crippen LogP contribution is -2.47. The average Bonchev–Trinajstić information content (AvgIpc) is 3.07. The first-order valence-electron chi connectivity index (χ1n) is 9.49. The predicted octanol–water partition coefficient (Wildman–Crippen LogP) is 3.98. The van der Waals surface area contributed by atoms with Crippen LogP contribution in [-0.2, 0) is 30.0 Å². The Morgan fingerprint density at radius 3 is 2.50 bits per heavy atom. The van der Waals surface area contributed by atoms with Gasteiger partial charge in [-0.25, -0.2) is 0 Å². The molecule has 0 bridgehead atoms. The number of nitrogens with zero attached hydrogens (tertiary/aromatic N) is 3. The highest BCUT2D eigenvalue weighted by molar-refractivity contribution is 6.69. The smallest absolute Gasteiger partial charge is 0.198 e. The summed E-state index contributed by atoms with van der Waals surface area (Å²) < 4.78 is 30.2. The molecule has 1 aromatic rings. The molecule has 2 saturated heterocycles. The molecule has 0 amide bonds. The summed E-state index contributed by atoms with van der Waals surface area (Å²) in [4.78, 5) is 3.02. The summed E-state index contributed by atoms with van der Waals surface area (Å²) in [6.45, 7) is 10.8. The summed E-state index contributed by atoms with van der Waals surface area (Å²) in [6, 6.07) is 9.91. The number of fused-ring (bicyclic) bond motifs is 1. The minimum absolute atomic E-state index is 0.128. The highest BCUT2D eigenvalue weighted by atomic mass is 28.4. The topological polar surface area (TPSA) is 94.9 Å². The van der Waals surface area contributed by atoms with E-state index in [0.29, 0.717) is 13.2 Å². The van der Waals surface area contributed by atoms with Gasteiger partial charge in [-0.2, -0.15) is 0 Å². The first kappa shape index (κ1) is 21.3. The van der Waals surface area contributed by atoms with E-state index >= 15 is 0 Å². The second-order valence-corrected chi connectivity index (χ2v) is 13.1. The fourth-order valence-corrected chi connectivity index (χ4v) is 4.06. The molecule has 0 N–H and O–H groups in total. The van der Waals surface area contributed by atoms with E-state index in [1.54, 1.807) is 0 Å². The van der Waals surface area contributed by atoms with E-state index in [2.05, 4.69) is 29.7 Å². The van der Waals surface area contributed by atoms with Gasteiger partial charge in [-0.05, 0) is 44.6 Å². The molecule has 2 heterocycles. The zero-order valence-corrected chi connectivity index (χ0v) is 18.1. The van der Waals surface area contributed by atoms with Crippen LogP contribution in [-0.4, -0.2) is 51.4 Å². The van der Waals surface area contributed by atoms with Crippen molar-refractivity contribution in [3.63, 3.8) is 0 Å². The van der Waals surface area contributed by atoms with Gasteiger partial charge < -0.3 is 23.4 Å². The number of ether oxygens (including phenoxy) is 4. The molecular formula is C19H29N3O5Si. The Balaban J connectivity index is 1.75. The van der Waals surface area contributed by atoms with Crippen LogP contribution >= 0.6 is 0 Å². The molecule has 0 aromatic heterocycles. The van der Waals surface area contributed by atoms with Crippen LogP contribution < -0.4 is 0 Å². The first-order valence-corrected chi connectivity index (χ1v) is 12.9. The molecule has 28 heavy (non-hydrogen) atoms. The van der Waals surface area contributed by atoms with Crippen LogP contribution in [0.2, 0.25) is 19.6 Å².